The van der Waals surface area contributed by atoms with Crippen LogP contribution in [-0.2, 0) is 17.8 Å². The summed E-state index contributed by atoms with van der Waals surface area (Å²) in [5, 5.41) is 3.76. The molecule has 34 heavy (non-hydrogen) atoms. The molecule has 0 saturated carbocycles. The molecule has 0 aliphatic carbocycles. The summed E-state index contributed by atoms with van der Waals surface area (Å²) in [5.41, 5.74) is 5.39. The number of nitrogens with one attached hydrogen (secondary N) is 1. The van der Waals surface area contributed by atoms with Crippen LogP contribution >= 0.6 is 11.6 Å². The van der Waals surface area contributed by atoms with Crippen molar-refractivity contribution in [1.29, 1.82) is 0 Å². The summed E-state index contributed by atoms with van der Waals surface area (Å²) < 4.78 is 8.17. The smallest absolute Gasteiger partial charge is 0.224 e. The Morgan fingerprint density at radius 1 is 1.06 bits per heavy atom. The van der Waals surface area contributed by atoms with Crippen LogP contribution in [0.15, 0.2) is 66.7 Å². The maximum atomic E-state index is 12.7. The number of aryl methyl sites for hydroxylation is 3. The number of hydrogen-bond acceptors (Lipinski definition) is 3. The van der Waals surface area contributed by atoms with Gasteiger partial charge in [-0.05, 0) is 80.3 Å². The van der Waals surface area contributed by atoms with Crippen molar-refractivity contribution in [2.45, 2.75) is 46.2 Å². The van der Waals surface area contributed by atoms with E-state index in [4.69, 9.17) is 21.3 Å². The zero-order chi connectivity index (χ0) is 24.1. The van der Waals surface area contributed by atoms with Gasteiger partial charge in [-0.1, -0.05) is 41.9 Å². The van der Waals surface area contributed by atoms with Gasteiger partial charge in [0.15, 0.2) is 0 Å². The molecule has 176 valence electrons. The molecule has 0 aliphatic rings. The second kappa shape index (κ2) is 10.7. The number of benzene rings is 3. The maximum absolute atomic E-state index is 12.7. The molecule has 1 amide bonds. The summed E-state index contributed by atoms with van der Waals surface area (Å²) in [4.78, 5) is 17.5. The van der Waals surface area contributed by atoms with Crippen LogP contribution in [-0.4, -0.2) is 22.1 Å². The predicted octanol–water partition coefficient (Wildman–Crippen LogP) is 6.20. The summed E-state index contributed by atoms with van der Waals surface area (Å²) in [5.74, 6) is 1.69. The predicted molar refractivity (Wildman–Crippen MR) is 137 cm³/mol. The first-order valence-electron chi connectivity index (χ1n) is 11.6. The first-order valence-corrected chi connectivity index (χ1v) is 12.0. The van der Waals surface area contributed by atoms with Crippen LogP contribution in [0.5, 0.6) is 5.75 Å². The summed E-state index contributed by atoms with van der Waals surface area (Å²) >= 11 is 5.95. The van der Waals surface area contributed by atoms with Crippen molar-refractivity contribution >= 4 is 28.5 Å². The van der Waals surface area contributed by atoms with Crippen LogP contribution in [0.25, 0.3) is 11.0 Å². The van der Waals surface area contributed by atoms with E-state index in [-0.39, 0.29) is 11.9 Å². The monoisotopic (exact) mass is 475 g/mol. The molecular formula is C28H30ClN3O2. The van der Waals surface area contributed by atoms with Crippen molar-refractivity contribution in [3.05, 3.63) is 94.3 Å². The first kappa shape index (κ1) is 23.8. The number of nitrogens with zero attached hydrogens (tertiary/aromatic N) is 2. The van der Waals surface area contributed by atoms with Gasteiger partial charge in [0.2, 0.25) is 5.91 Å². The van der Waals surface area contributed by atoms with E-state index in [1.165, 1.54) is 11.1 Å². The summed E-state index contributed by atoms with van der Waals surface area (Å²) in [6.45, 7) is 7.52. The Morgan fingerprint density at radius 3 is 2.59 bits per heavy atom. The standard InChI is InChI=1S/C28H30ClN3O2/c1-19-9-14-24(17-20(19)2)34-16-6-15-32-26-8-5-4-7-25(26)31-28(32)21(3)30-27(33)18-22-10-12-23(29)13-11-22/h4-5,7-14,17,21H,6,15-16,18H2,1-3H3,(H,30,33). The van der Waals surface area contributed by atoms with Crippen LogP contribution in [0.1, 0.15) is 41.9 Å². The Labute approximate surface area is 205 Å². The topological polar surface area (TPSA) is 56.1 Å². The molecule has 3 aromatic carbocycles. The lowest BCUT2D eigenvalue weighted by molar-refractivity contribution is -0.121. The fourth-order valence-corrected chi connectivity index (χ4v) is 4.15. The number of rotatable bonds is 9. The SMILES string of the molecule is Cc1ccc(OCCCn2c(C(C)NC(=O)Cc3ccc(Cl)cc3)nc3ccccc32)cc1C. The van der Waals surface area contributed by atoms with E-state index >= 15 is 0 Å². The lowest BCUT2D eigenvalue weighted by atomic mass is 10.1. The molecule has 0 fully saturated rings. The Kier molecular flexibility index (Phi) is 7.53. The van der Waals surface area contributed by atoms with Gasteiger partial charge in [-0.25, -0.2) is 4.98 Å². The number of carbonyl (C=O) groups is 1. The van der Waals surface area contributed by atoms with Crippen LogP contribution in [0.4, 0.5) is 0 Å². The van der Waals surface area contributed by atoms with E-state index in [2.05, 4.69) is 41.9 Å². The molecule has 4 aromatic rings. The molecule has 6 heteroatoms. The Bertz CT molecular complexity index is 1280. The van der Waals surface area contributed by atoms with Crippen LogP contribution in [0.2, 0.25) is 5.02 Å². The van der Waals surface area contributed by atoms with Crippen LogP contribution in [0, 0.1) is 13.8 Å². The number of halogens is 1. The molecule has 0 bridgehead atoms. The van der Waals surface area contributed by atoms with E-state index in [1.54, 1.807) is 12.1 Å². The fraction of sp³-hybridized carbons (Fsp3) is 0.286. The molecule has 0 saturated heterocycles. The van der Waals surface area contributed by atoms with Gasteiger partial charge in [0.1, 0.15) is 11.6 Å². The Morgan fingerprint density at radius 2 is 1.82 bits per heavy atom. The van der Waals surface area contributed by atoms with Crippen LogP contribution < -0.4 is 10.1 Å². The highest BCUT2D eigenvalue weighted by Crippen LogP contribution is 2.22. The van der Waals surface area contributed by atoms with Gasteiger partial charge >= 0.3 is 0 Å². The number of ether oxygens (including phenoxy) is 1. The normalized spacial score (nSPS) is 12.0. The van der Waals surface area contributed by atoms with Crippen molar-refractivity contribution in [2.75, 3.05) is 6.61 Å². The fourth-order valence-electron chi connectivity index (χ4n) is 4.02. The highest BCUT2D eigenvalue weighted by molar-refractivity contribution is 6.30. The minimum Gasteiger partial charge on any atom is -0.494 e. The van der Waals surface area contributed by atoms with Gasteiger partial charge in [0.25, 0.3) is 0 Å². The van der Waals surface area contributed by atoms with Gasteiger partial charge in [-0.3, -0.25) is 4.79 Å². The summed E-state index contributed by atoms with van der Waals surface area (Å²) in [6.07, 6.45) is 1.12. The third kappa shape index (κ3) is 5.78. The average Bonchev–Trinajstić information content (AvgIpc) is 3.19. The second-order valence-corrected chi connectivity index (χ2v) is 9.09. The van der Waals surface area contributed by atoms with E-state index in [1.807, 2.05) is 43.3 Å². The molecule has 0 spiro atoms. The number of aromatic nitrogens is 2. The van der Waals surface area contributed by atoms with Crippen molar-refractivity contribution in [2.24, 2.45) is 0 Å². The number of carbonyl (C=O) groups excluding carboxylic acids is 1. The number of fused-ring (bicyclic) bond motifs is 1. The Hall–Kier alpha value is -3.31. The molecular weight excluding hydrogens is 446 g/mol. The number of amides is 1. The third-order valence-corrected chi connectivity index (χ3v) is 6.25. The van der Waals surface area contributed by atoms with Crippen molar-refractivity contribution < 1.29 is 9.53 Å². The second-order valence-electron chi connectivity index (χ2n) is 8.65. The summed E-state index contributed by atoms with van der Waals surface area (Å²) in [7, 11) is 0. The van der Waals surface area contributed by atoms with Crippen molar-refractivity contribution in [3.63, 3.8) is 0 Å². The molecule has 0 radical (unpaired) electrons. The van der Waals surface area contributed by atoms with E-state index in [0.717, 1.165) is 41.1 Å². The van der Waals surface area contributed by atoms with Crippen molar-refractivity contribution in [1.82, 2.24) is 14.9 Å². The minimum absolute atomic E-state index is 0.0495. The van der Waals surface area contributed by atoms with Gasteiger partial charge in [-0.15, -0.1) is 0 Å². The maximum Gasteiger partial charge on any atom is 0.224 e. The highest BCUT2D eigenvalue weighted by Gasteiger charge is 2.18. The molecule has 1 aromatic heterocycles. The van der Waals surface area contributed by atoms with Crippen LogP contribution in [0.3, 0.4) is 0 Å². The summed E-state index contributed by atoms with van der Waals surface area (Å²) in [6, 6.07) is 21.4. The third-order valence-electron chi connectivity index (χ3n) is 6.00. The van der Waals surface area contributed by atoms with Gasteiger partial charge < -0.3 is 14.6 Å². The molecule has 1 N–H and O–H groups in total. The lowest BCUT2D eigenvalue weighted by Crippen LogP contribution is -2.30. The van der Waals surface area contributed by atoms with Crippen molar-refractivity contribution in [3.8, 4) is 5.75 Å². The molecule has 1 atom stereocenters. The molecule has 1 unspecified atom stereocenters. The number of hydrogen-bond donors (Lipinski definition) is 1. The van der Waals surface area contributed by atoms with Gasteiger partial charge in [-0.2, -0.15) is 0 Å². The highest BCUT2D eigenvalue weighted by atomic mass is 35.5. The zero-order valence-electron chi connectivity index (χ0n) is 19.8. The van der Waals surface area contributed by atoms with Gasteiger partial charge in [0, 0.05) is 11.6 Å². The molecule has 0 aliphatic heterocycles. The van der Waals surface area contributed by atoms with E-state index in [9.17, 15) is 4.79 Å². The number of imidazole rings is 1. The first-order chi connectivity index (χ1) is 16.4. The lowest BCUT2D eigenvalue weighted by Gasteiger charge is -2.17. The zero-order valence-corrected chi connectivity index (χ0v) is 20.6. The average molecular weight is 476 g/mol. The number of para-hydroxylation sites is 2. The van der Waals surface area contributed by atoms with Gasteiger partial charge in [0.05, 0.1) is 30.1 Å². The Balaban J connectivity index is 1.43. The largest absolute Gasteiger partial charge is 0.494 e. The molecule has 4 rings (SSSR count). The molecule has 1 heterocycles. The molecule has 5 nitrogen and oxygen atoms in total. The minimum atomic E-state index is -0.229. The van der Waals surface area contributed by atoms with E-state index < -0.39 is 0 Å². The van der Waals surface area contributed by atoms with E-state index in [0.29, 0.717) is 18.1 Å². The quantitative estimate of drug-likeness (QED) is 0.293.